The highest BCUT2D eigenvalue weighted by Gasteiger charge is 2.59. The molecular weight excluding hydrogens is 681 g/mol. The highest BCUT2D eigenvalue weighted by molar-refractivity contribution is 5.69. The fourth-order valence-corrected chi connectivity index (χ4v) is 12.3. The zero-order valence-electron chi connectivity index (χ0n) is 38.5. The molecule has 9 unspecified atom stereocenters. The van der Waals surface area contributed by atoms with Gasteiger partial charge >= 0.3 is 5.97 Å². The number of esters is 1. The van der Waals surface area contributed by atoms with Crippen molar-refractivity contribution in [2.45, 2.75) is 247 Å². The van der Waals surface area contributed by atoms with E-state index in [0.717, 1.165) is 48.9 Å². The van der Waals surface area contributed by atoms with E-state index in [4.69, 9.17) is 4.74 Å². The molecule has 9 atom stereocenters. The summed E-state index contributed by atoms with van der Waals surface area (Å²) in [4.78, 5) is 12.9. The second-order valence-electron chi connectivity index (χ2n) is 20.9. The molecule has 0 saturated heterocycles. The predicted molar refractivity (Wildman–Crippen MR) is 244 cm³/mol. The van der Waals surface area contributed by atoms with Crippen LogP contribution in [-0.2, 0) is 9.53 Å². The number of ether oxygens (including phenoxy) is 1. The molecule has 0 N–H and O–H groups in total. The minimum absolute atomic E-state index is 0.0595. The fraction of sp³-hybridized carbons (Fsp3) is 0.870. The smallest absolute Gasteiger partial charge is 0.306 e. The number of hydrogen-bond acceptors (Lipinski definition) is 2. The highest BCUT2D eigenvalue weighted by atomic mass is 16.5. The molecule has 0 aliphatic heterocycles. The lowest BCUT2D eigenvalue weighted by molar-refractivity contribution is -0.151. The van der Waals surface area contributed by atoms with Crippen molar-refractivity contribution < 1.29 is 9.53 Å². The van der Waals surface area contributed by atoms with Gasteiger partial charge in [-0.05, 0) is 129 Å². The molecule has 3 saturated carbocycles. The highest BCUT2D eigenvalue weighted by Crippen LogP contribution is 2.67. The number of hydrogen-bond donors (Lipinski definition) is 0. The van der Waals surface area contributed by atoms with Gasteiger partial charge in [0.2, 0.25) is 0 Å². The third-order valence-electron chi connectivity index (χ3n) is 16.5. The van der Waals surface area contributed by atoms with E-state index in [1.54, 1.807) is 5.57 Å². The van der Waals surface area contributed by atoms with Crippen LogP contribution in [0.5, 0.6) is 0 Å². The second kappa shape index (κ2) is 25.3. The molecule has 56 heavy (non-hydrogen) atoms. The number of carbonyl (C=O) groups is 1. The molecule has 0 amide bonds. The van der Waals surface area contributed by atoms with Crippen molar-refractivity contribution in [2.24, 2.45) is 52.3 Å². The fourth-order valence-electron chi connectivity index (χ4n) is 12.3. The van der Waals surface area contributed by atoms with Crippen molar-refractivity contribution in [3.8, 4) is 0 Å². The van der Waals surface area contributed by atoms with Crippen LogP contribution in [0.1, 0.15) is 241 Å². The Hall–Kier alpha value is -1.31. The van der Waals surface area contributed by atoms with E-state index in [2.05, 4.69) is 78.8 Å². The minimum Gasteiger partial charge on any atom is -0.462 e. The molecule has 0 spiro atoms. The minimum atomic E-state index is 0.0595. The van der Waals surface area contributed by atoms with Gasteiger partial charge in [0.15, 0.2) is 0 Å². The zero-order chi connectivity index (χ0) is 40.2. The summed E-state index contributed by atoms with van der Waals surface area (Å²) in [5.41, 5.74) is 2.44. The van der Waals surface area contributed by atoms with Crippen LogP contribution in [0.3, 0.4) is 0 Å². The van der Waals surface area contributed by atoms with Crippen molar-refractivity contribution in [3.63, 3.8) is 0 Å². The molecule has 0 aromatic rings. The van der Waals surface area contributed by atoms with Gasteiger partial charge in [-0.25, -0.2) is 0 Å². The monoisotopic (exact) mass is 775 g/mol. The summed E-state index contributed by atoms with van der Waals surface area (Å²) in [6, 6.07) is 0. The summed E-state index contributed by atoms with van der Waals surface area (Å²) in [5, 5.41) is 0. The van der Waals surface area contributed by atoms with Crippen LogP contribution in [0.4, 0.5) is 0 Å². The number of rotatable bonds is 28. The van der Waals surface area contributed by atoms with E-state index in [-0.39, 0.29) is 12.1 Å². The van der Waals surface area contributed by atoms with Crippen LogP contribution in [0.25, 0.3) is 0 Å². The summed E-state index contributed by atoms with van der Waals surface area (Å²) in [5.74, 6) is 5.48. The first-order chi connectivity index (χ1) is 27.1. The summed E-state index contributed by atoms with van der Waals surface area (Å²) < 4.78 is 6.16. The molecule has 322 valence electrons. The summed E-state index contributed by atoms with van der Waals surface area (Å²) >= 11 is 0. The number of carbonyl (C=O) groups excluding carboxylic acids is 1. The van der Waals surface area contributed by atoms with E-state index < -0.39 is 0 Å². The molecule has 0 bridgehead atoms. The van der Waals surface area contributed by atoms with Crippen molar-refractivity contribution in [1.82, 2.24) is 0 Å². The van der Waals surface area contributed by atoms with Gasteiger partial charge in [-0.2, -0.15) is 0 Å². The van der Waals surface area contributed by atoms with Crippen LogP contribution < -0.4 is 0 Å². The topological polar surface area (TPSA) is 26.3 Å². The lowest BCUT2D eigenvalue weighted by atomic mass is 9.47. The van der Waals surface area contributed by atoms with Gasteiger partial charge in [0, 0.05) is 12.8 Å². The third-order valence-corrected chi connectivity index (χ3v) is 16.5. The molecule has 2 nitrogen and oxygen atoms in total. The van der Waals surface area contributed by atoms with Gasteiger partial charge in [-0.3, -0.25) is 4.79 Å². The first-order valence-corrected chi connectivity index (χ1v) is 25.3. The Morgan fingerprint density at radius 2 is 1.27 bits per heavy atom. The standard InChI is InChI=1S/C54H94O2/c1-8-9-10-11-12-13-14-15-16-17-18-19-20-21-22-23-24-25-26-27-28-29-30-31-52(55)56-47-38-40-53(6)46(42-47)34-35-48-50-37-36-49(54(50,7)41-39-51(48)53)45(5)33-32-44(4)43(2)3/h15-16,32-34,43-45,47-51H,8-14,17-31,35-42H2,1-7H3/b16-15+,33-32+. The van der Waals surface area contributed by atoms with E-state index in [9.17, 15) is 4.79 Å². The normalized spacial score (nSPS) is 30.0. The Labute approximate surface area is 349 Å². The average Bonchev–Trinajstić information content (AvgIpc) is 3.54. The maximum absolute atomic E-state index is 12.9. The van der Waals surface area contributed by atoms with Gasteiger partial charge in [-0.15, -0.1) is 0 Å². The Bertz CT molecular complexity index is 1180. The quantitative estimate of drug-likeness (QED) is 0.0450. The van der Waals surface area contributed by atoms with Gasteiger partial charge in [0.25, 0.3) is 0 Å². The Kier molecular flexibility index (Phi) is 21.4. The third kappa shape index (κ3) is 14.5. The van der Waals surface area contributed by atoms with Gasteiger partial charge < -0.3 is 4.74 Å². The maximum Gasteiger partial charge on any atom is 0.306 e. The molecule has 0 aromatic heterocycles. The van der Waals surface area contributed by atoms with E-state index in [1.165, 1.54) is 167 Å². The van der Waals surface area contributed by atoms with Crippen LogP contribution in [0.2, 0.25) is 0 Å². The number of allylic oxidation sites excluding steroid dienone is 5. The largest absolute Gasteiger partial charge is 0.462 e. The molecule has 4 rings (SSSR count). The van der Waals surface area contributed by atoms with Gasteiger partial charge in [-0.1, -0.05) is 187 Å². The molecule has 2 heteroatoms. The first kappa shape index (κ1) is 47.4. The van der Waals surface area contributed by atoms with Crippen molar-refractivity contribution in [1.29, 1.82) is 0 Å². The van der Waals surface area contributed by atoms with Crippen LogP contribution >= 0.6 is 0 Å². The second-order valence-corrected chi connectivity index (χ2v) is 20.9. The summed E-state index contributed by atoms with van der Waals surface area (Å²) in [6.45, 7) is 17.2. The molecule has 4 aliphatic rings. The molecule has 3 fully saturated rings. The van der Waals surface area contributed by atoms with Crippen molar-refractivity contribution in [3.05, 3.63) is 36.0 Å². The van der Waals surface area contributed by atoms with Gasteiger partial charge in [0.1, 0.15) is 6.10 Å². The predicted octanol–water partition coefficient (Wildman–Crippen LogP) is 17.1. The molecule has 4 aliphatic carbocycles. The molecule has 0 radical (unpaired) electrons. The zero-order valence-corrected chi connectivity index (χ0v) is 38.5. The molecular formula is C54H94O2. The Morgan fingerprint density at radius 3 is 1.86 bits per heavy atom. The Morgan fingerprint density at radius 1 is 0.696 bits per heavy atom. The number of unbranched alkanes of at least 4 members (excludes halogenated alkanes) is 19. The van der Waals surface area contributed by atoms with Gasteiger partial charge in [0.05, 0.1) is 0 Å². The molecule has 0 aromatic carbocycles. The van der Waals surface area contributed by atoms with E-state index in [1.807, 2.05) is 0 Å². The Balaban J connectivity index is 1.00. The van der Waals surface area contributed by atoms with Crippen LogP contribution in [-0.4, -0.2) is 12.1 Å². The summed E-state index contributed by atoms with van der Waals surface area (Å²) in [7, 11) is 0. The molecule has 0 heterocycles. The lowest BCUT2D eigenvalue weighted by Crippen LogP contribution is -2.51. The van der Waals surface area contributed by atoms with E-state index in [0.29, 0.717) is 29.1 Å². The van der Waals surface area contributed by atoms with Crippen LogP contribution in [0, 0.1) is 52.3 Å². The average molecular weight is 775 g/mol. The van der Waals surface area contributed by atoms with E-state index >= 15 is 0 Å². The summed E-state index contributed by atoms with van der Waals surface area (Å²) in [6.07, 6.45) is 51.8. The number of fused-ring (bicyclic) bond motifs is 5. The van der Waals surface area contributed by atoms with Crippen molar-refractivity contribution >= 4 is 5.97 Å². The SMILES string of the molecule is CCCCCCCC/C=C/CCCCCCCCCCCCCCCC(=O)OC1CCC2(C)C(=CCC3C2CCC2(C)C(C(C)/C=C/C(C)C(C)C)CCC32)C1. The maximum atomic E-state index is 12.9. The first-order valence-electron chi connectivity index (χ1n) is 25.3. The van der Waals surface area contributed by atoms with Crippen molar-refractivity contribution in [2.75, 3.05) is 0 Å². The lowest BCUT2D eigenvalue weighted by Gasteiger charge is -2.58. The van der Waals surface area contributed by atoms with Crippen LogP contribution in [0.15, 0.2) is 36.0 Å².